The summed E-state index contributed by atoms with van der Waals surface area (Å²) in [5, 5.41) is 4.19. The summed E-state index contributed by atoms with van der Waals surface area (Å²) in [4.78, 5) is 10.5. The third-order valence-electron chi connectivity index (χ3n) is 3.67. The number of rotatable bonds is 5. The van der Waals surface area contributed by atoms with E-state index in [-0.39, 0.29) is 0 Å². The average Bonchev–Trinajstić information content (AvgIpc) is 2.59. The van der Waals surface area contributed by atoms with E-state index in [1.807, 2.05) is 30.1 Å². The molecule has 128 valence electrons. The van der Waals surface area contributed by atoms with Gasteiger partial charge in [0.15, 0.2) is 11.6 Å². The van der Waals surface area contributed by atoms with E-state index in [0.717, 1.165) is 0 Å². The van der Waals surface area contributed by atoms with Crippen molar-refractivity contribution in [1.29, 1.82) is 0 Å². The minimum absolute atomic E-state index is 0.451. The Labute approximate surface area is 156 Å². The van der Waals surface area contributed by atoms with Gasteiger partial charge in [-0.05, 0) is 23.8 Å². The summed E-state index contributed by atoms with van der Waals surface area (Å²) in [5.41, 5.74) is 8.56. The molecule has 0 aliphatic carbocycles. The topological polar surface area (TPSA) is 67.1 Å². The van der Waals surface area contributed by atoms with Gasteiger partial charge in [-0.2, -0.15) is 0 Å². The molecule has 0 radical (unpaired) electrons. The van der Waals surface area contributed by atoms with Crippen LogP contribution in [0.1, 0.15) is 5.56 Å². The van der Waals surface area contributed by atoms with Gasteiger partial charge >= 0.3 is 0 Å². The molecule has 0 spiro atoms. The van der Waals surface area contributed by atoms with Crippen LogP contribution in [0.4, 0.5) is 23.0 Å². The third kappa shape index (κ3) is 4.13. The van der Waals surface area contributed by atoms with Crippen LogP contribution in [0.5, 0.6) is 0 Å². The number of nitrogens with zero attached hydrogens (tertiary/aromatic N) is 3. The van der Waals surface area contributed by atoms with Gasteiger partial charge in [0.05, 0.1) is 10.7 Å². The molecule has 0 unspecified atom stereocenters. The third-order valence-corrected chi connectivity index (χ3v) is 4.22. The lowest BCUT2D eigenvalue weighted by Gasteiger charge is -2.21. The highest BCUT2D eigenvalue weighted by atomic mass is 35.5. The maximum atomic E-state index is 6.27. The molecule has 5 nitrogen and oxygen atoms in total. The standard InChI is InChI=1S/C18H17Cl2N5/c1-25(10-12-5-3-2-4-6-12)18-16(21)17(22-11-23-18)24-15-8-7-13(19)9-14(15)20/h2-9,11H,10,21H2,1H3,(H,22,23,24). The van der Waals surface area contributed by atoms with Crippen molar-refractivity contribution in [3.05, 3.63) is 70.5 Å². The fourth-order valence-corrected chi connectivity index (χ4v) is 2.90. The molecule has 0 saturated carbocycles. The number of nitrogen functional groups attached to an aromatic ring is 1. The van der Waals surface area contributed by atoms with Crippen LogP contribution in [0.3, 0.4) is 0 Å². The van der Waals surface area contributed by atoms with E-state index in [2.05, 4.69) is 27.4 Å². The Bertz CT molecular complexity index is 871. The number of nitrogens with one attached hydrogen (secondary N) is 1. The van der Waals surface area contributed by atoms with Crippen LogP contribution in [0.2, 0.25) is 10.0 Å². The average molecular weight is 374 g/mol. The fourth-order valence-electron chi connectivity index (χ4n) is 2.44. The minimum atomic E-state index is 0.451. The van der Waals surface area contributed by atoms with Gasteiger partial charge in [0.1, 0.15) is 12.0 Å². The highest BCUT2D eigenvalue weighted by Crippen LogP contribution is 2.32. The quantitative estimate of drug-likeness (QED) is 0.675. The van der Waals surface area contributed by atoms with Crippen molar-refractivity contribution in [2.24, 2.45) is 0 Å². The van der Waals surface area contributed by atoms with Gasteiger partial charge < -0.3 is 16.0 Å². The smallest absolute Gasteiger partial charge is 0.159 e. The molecule has 25 heavy (non-hydrogen) atoms. The van der Waals surface area contributed by atoms with Gasteiger partial charge in [-0.15, -0.1) is 0 Å². The van der Waals surface area contributed by atoms with Crippen LogP contribution in [0, 0.1) is 0 Å². The second-order valence-electron chi connectivity index (χ2n) is 5.55. The highest BCUT2D eigenvalue weighted by molar-refractivity contribution is 6.36. The molecule has 3 N–H and O–H groups in total. The van der Waals surface area contributed by atoms with Crippen molar-refractivity contribution >= 4 is 46.2 Å². The molecule has 1 aromatic heterocycles. The molecule has 3 aromatic rings. The zero-order valence-electron chi connectivity index (χ0n) is 13.6. The van der Waals surface area contributed by atoms with Gasteiger partial charge in [-0.1, -0.05) is 53.5 Å². The summed E-state index contributed by atoms with van der Waals surface area (Å²) >= 11 is 12.1. The second-order valence-corrected chi connectivity index (χ2v) is 6.39. The van der Waals surface area contributed by atoms with Crippen molar-refractivity contribution in [3.8, 4) is 0 Å². The van der Waals surface area contributed by atoms with E-state index in [9.17, 15) is 0 Å². The number of nitrogens with two attached hydrogens (primary N) is 1. The lowest BCUT2D eigenvalue weighted by atomic mass is 10.2. The number of benzene rings is 2. The van der Waals surface area contributed by atoms with Crippen molar-refractivity contribution in [2.75, 3.05) is 23.0 Å². The van der Waals surface area contributed by atoms with Crippen molar-refractivity contribution in [3.63, 3.8) is 0 Å². The van der Waals surface area contributed by atoms with Crippen LogP contribution < -0.4 is 16.0 Å². The lowest BCUT2D eigenvalue weighted by molar-refractivity contribution is 0.894. The van der Waals surface area contributed by atoms with E-state index < -0.39 is 0 Å². The summed E-state index contributed by atoms with van der Waals surface area (Å²) in [6.07, 6.45) is 1.47. The first-order chi connectivity index (χ1) is 12.0. The molecule has 0 aliphatic heterocycles. The number of aromatic nitrogens is 2. The first-order valence-corrected chi connectivity index (χ1v) is 8.38. The second kappa shape index (κ2) is 7.59. The molecule has 3 rings (SSSR count). The zero-order valence-corrected chi connectivity index (χ0v) is 15.1. The highest BCUT2D eigenvalue weighted by Gasteiger charge is 2.13. The Morgan fingerprint density at radius 1 is 1.08 bits per heavy atom. The number of hydrogen-bond acceptors (Lipinski definition) is 5. The van der Waals surface area contributed by atoms with Crippen molar-refractivity contribution < 1.29 is 0 Å². The van der Waals surface area contributed by atoms with Crippen molar-refractivity contribution in [2.45, 2.75) is 6.54 Å². The summed E-state index contributed by atoms with van der Waals surface area (Å²) in [6, 6.07) is 15.3. The normalized spacial score (nSPS) is 10.5. The van der Waals surface area contributed by atoms with E-state index in [4.69, 9.17) is 28.9 Å². The monoisotopic (exact) mass is 373 g/mol. The lowest BCUT2D eigenvalue weighted by Crippen LogP contribution is -2.20. The van der Waals surface area contributed by atoms with Gasteiger partial charge in [-0.25, -0.2) is 9.97 Å². The van der Waals surface area contributed by atoms with E-state index in [0.29, 0.717) is 39.6 Å². The predicted octanol–water partition coefficient (Wildman–Crippen LogP) is 4.75. The number of hydrogen-bond donors (Lipinski definition) is 2. The van der Waals surface area contributed by atoms with Gasteiger partial charge in [-0.3, -0.25) is 0 Å². The Hall–Kier alpha value is -2.50. The first kappa shape index (κ1) is 17.3. The molecule has 0 bridgehead atoms. The molecule has 0 saturated heterocycles. The zero-order chi connectivity index (χ0) is 17.8. The van der Waals surface area contributed by atoms with Crippen LogP contribution in [0.15, 0.2) is 54.9 Å². The molecule has 2 aromatic carbocycles. The Balaban J connectivity index is 1.84. The van der Waals surface area contributed by atoms with Crippen LogP contribution in [-0.2, 0) is 6.54 Å². The molecule has 0 amide bonds. The van der Waals surface area contributed by atoms with Gasteiger partial charge in [0.25, 0.3) is 0 Å². The Morgan fingerprint density at radius 2 is 1.84 bits per heavy atom. The first-order valence-electron chi connectivity index (χ1n) is 7.62. The SMILES string of the molecule is CN(Cc1ccccc1)c1ncnc(Nc2ccc(Cl)cc2Cl)c1N. The predicted molar refractivity (Wildman–Crippen MR) is 105 cm³/mol. The van der Waals surface area contributed by atoms with Gasteiger partial charge in [0, 0.05) is 18.6 Å². The van der Waals surface area contributed by atoms with Crippen LogP contribution in [0.25, 0.3) is 0 Å². The van der Waals surface area contributed by atoms with Gasteiger partial charge in [0.2, 0.25) is 0 Å². The van der Waals surface area contributed by atoms with Crippen LogP contribution in [-0.4, -0.2) is 17.0 Å². The van der Waals surface area contributed by atoms with E-state index in [1.165, 1.54) is 11.9 Å². The molecule has 1 heterocycles. The van der Waals surface area contributed by atoms with Crippen LogP contribution >= 0.6 is 23.2 Å². The summed E-state index contributed by atoms with van der Waals surface area (Å²) in [6.45, 7) is 0.684. The molecular weight excluding hydrogens is 357 g/mol. The fraction of sp³-hybridized carbons (Fsp3) is 0.111. The Morgan fingerprint density at radius 3 is 2.56 bits per heavy atom. The summed E-state index contributed by atoms with van der Waals surface area (Å²) in [5.74, 6) is 1.14. The largest absolute Gasteiger partial charge is 0.393 e. The molecule has 0 fully saturated rings. The van der Waals surface area contributed by atoms with Crippen molar-refractivity contribution in [1.82, 2.24) is 9.97 Å². The summed E-state index contributed by atoms with van der Waals surface area (Å²) < 4.78 is 0. The maximum Gasteiger partial charge on any atom is 0.159 e. The maximum absolute atomic E-state index is 6.27. The Kier molecular flexibility index (Phi) is 5.26. The number of anilines is 4. The molecular formula is C18H17Cl2N5. The molecule has 0 aliphatic rings. The van der Waals surface area contributed by atoms with E-state index >= 15 is 0 Å². The minimum Gasteiger partial charge on any atom is -0.393 e. The summed E-state index contributed by atoms with van der Waals surface area (Å²) in [7, 11) is 1.94. The molecule has 7 heteroatoms. The number of halogens is 2. The molecule has 0 atom stereocenters. The van der Waals surface area contributed by atoms with E-state index in [1.54, 1.807) is 18.2 Å².